The molecule has 4 nitrogen and oxygen atoms in total. The summed E-state index contributed by atoms with van der Waals surface area (Å²) in [6, 6.07) is 7.32. The monoisotopic (exact) mass is 270 g/mol. The molecule has 2 unspecified atom stereocenters. The fourth-order valence-corrected chi connectivity index (χ4v) is 2.20. The molecule has 0 N–H and O–H groups in total. The fourth-order valence-electron chi connectivity index (χ4n) is 2.20. The van der Waals surface area contributed by atoms with E-state index in [1.165, 1.54) is 6.42 Å². The van der Waals surface area contributed by atoms with Crippen molar-refractivity contribution in [3.05, 3.63) is 47.8 Å². The van der Waals surface area contributed by atoms with Gasteiger partial charge in [0.2, 0.25) is 0 Å². The van der Waals surface area contributed by atoms with Gasteiger partial charge < -0.3 is 4.74 Å². The lowest BCUT2D eigenvalue weighted by Gasteiger charge is -2.05. The largest absolute Gasteiger partial charge is 0.462 e. The van der Waals surface area contributed by atoms with Gasteiger partial charge in [0.15, 0.2) is 0 Å². The smallest absolute Gasteiger partial charge is 0.338 e. The third-order valence-electron chi connectivity index (χ3n) is 3.78. The average Bonchev–Trinajstić information content (AvgIpc) is 2.98. The van der Waals surface area contributed by atoms with Gasteiger partial charge in [-0.3, -0.25) is 0 Å². The molecule has 0 amide bonds. The number of benzene rings is 1. The molecule has 0 bridgehead atoms. The fraction of sp³-hybridized carbons (Fsp3) is 0.375. The molecule has 1 saturated carbocycles. The van der Waals surface area contributed by atoms with E-state index in [4.69, 9.17) is 4.74 Å². The molecule has 20 heavy (non-hydrogen) atoms. The van der Waals surface area contributed by atoms with Crippen LogP contribution in [-0.2, 0) is 4.74 Å². The zero-order valence-corrected chi connectivity index (χ0v) is 11.7. The molecule has 0 aliphatic heterocycles. The van der Waals surface area contributed by atoms with E-state index >= 15 is 0 Å². The van der Waals surface area contributed by atoms with E-state index in [1.807, 2.05) is 25.3 Å². The number of carbonyl (C=O) groups is 1. The third-order valence-corrected chi connectivity index (χ3v) is 3.78. The first-order valence-corrected chi connectivity index (χ1v) is 6.92. The Bertz CT molecular complexity index is 616. The van der Waals surface area contributed by atoms with Crippen LogP contribution in [0.1, 0.15) is 29.3 Å². The molecule has 0 radical (unpaired) electrons. The number of esters is 1. The Morgan fingerprint density at radius 2 is 2.10 bits per heavy atom. The summed E-state index contributed by atoms with van der Waals surface area (Å²) in [5.41, 5.74) is 2.63. The van der Waals surface area contributed by atoms with E-state index in [0.29, 0.717) is 24.0 Å². The van der Waals surface area contributed by atoms with Crippen LogP contribution in [0.15, 0.2) is 36.7 Å². The van der Waals surface area contributed by atoms with Gasteiger partial charge in [-0.2, -0.15) is 5.10 Å². The van der Waals surface area contributed by atoms with Crippen molar-refractivity contribution in [2.75, 3.05) is 6.61 Å². The summed E-state index contributed by atoms with van der Waals surface area (Å²) in [6.07, 6.45) is 4.92. The van der Waals surface area contributed by atoms with Gasteiger partial charge in [0.25, 0.3) is 0 Å². The molecule has 0 spiro atoms. The number of hydrogen-bond donors (Lipinski definition) is 0. The lowest BCUT2D eigenvalue weighted by atomic mass is 10.2. The zero-order chi connectivity index (χ0) is 14.1. The number of hydrogen-bond acceptors (Lipinski definition) is 3. The molecule has 1 aliphatic rings. The quantitative estimate of drug-likeness (QED) is 0.802. The second kappa shape index (κ2) is 5.12. The highest BCUT2D eigenvalue weighted by Crippen LogP contribution is 2.37. The van der Waals surface area contributed by atoms with Crippen LogP contribution < -0.4 is 0 Å². The van der Waals surface area contributed by atoms with Gasteiger partial charge in [-0.15, -0.1) is 0 Å². The molecular weight excluding hydrogens is 252 g/mol. The second-order valence-corrected chi connectivity index (χ2v) is 5.58. The highest BCUT2D eigenvalue weighted by molar-refractivity contribution is 5.89. The molecule has 2 aromatic rings. The summed E-state index contributed by atoms with van der Waals surface area (Å²) >= 11 is 0. The number of carbonyl (C=O) groups excluding carboxylic acids is 1. The van der Waals surface area contributed by atoms with Gasteiger partial charge in [0, 0.05) is 6.20 Å². The Kier molecular flexibility index (Phi) is 3.30. The number of aryl methyl sites for hydroxylation is 1. The highest BCUT2D eigenvalue weighted by atomic mass is 16.5. The molecule has 1 heterocycles. The summed E-state index contributed by atoms with van der Waals surface area (Å²) in [7, 11) is 0. The highest BCUT2D eigenvalue weighted by Gasteiger charge is 2.33. The number of nitrogens with zero attached hydrogens (tertiary/aromatic N) is 2. The molecule has 104 valence electrons. The zero-order valence-electron chi connectivity index (χ0n) is 11.7. The van der Waals surface area contributed by atoms with Crippen molar-refractivity contribution >= 4 is 5.97 Å². The summed E-state index contributed by atoms with van der Waals surface area (Å²) in [6.45, 7) is 4.72. The standard InChI is InChI=1S/C16H18N2O2/c1-11-8-17-18(9-11)15-5-3-13(4-6-15)16(19)20-10-14-7-12(14)2/h3-6,8-9,12,14H,7,10H2,1-2H3. The van der Waals surface area contributed by atoms with Gasteiger partial charge in [-0.1, -0.05) is 6.92 Å². The lowest BCUT2D eigenvalue weighted by Crippen LogP contribution is -2.08. The SMILES string of the molecule is Cc1cnn(-c2ccc(C(=O)OCC3CC3C)cc2)c1. The van der Waals surface area contributed by atoms with Gasteiger partial charge >= 0.3 is 5.97 Å². The first-order chi connectivity index (χ1) is 9.63. The predicted octanol–water partition coefficient (Wildman–Crippen LogP) is 2.99. The summed E-state index contributed by atoms with van der Waals surface area (Å²) < 4.78 is 7.10. The van der Waals surface area contributed by atoms with Gasteiger partial charge in [0.05, 0.1) is 24.1 Å². The topological polar surface area (TPSA) is 44.1 Å². The molecule has 1 aromatic heterocycles. The van der Waals surface area contributed by atoms with Crippen molar-refractivity contribution < 1.29 is 9.53 Å². The second-order valence-electron chi connectivity index (χ2n) is 5.58. The molecule has 4 heteroatoms. The van der Waals surface area contributed by atoms with Gasteiger partial charge in [0.1, 0.15) is 0 Å². The molecule has 0 saturated heterocycles. The minimum atomic E-state index is -0.243. The van der Waals surface area contributed by atoms with Crippen LogP contribution in [-0.4, -0.2) is 22.4 Å². The van der Waals surface area contributed by atoms with Gasteiger partial charge in [-0.05, 0) is 55.0 Å². The normalized spacial score (nSPS) is 20.7. The van der Waals surface area contributed by atoms with Crippen molar-refractivity contribution in [3.63, 3.8) is 0 Å². The minimum Gasteiger partial charge on any atom is -0.462 e. The molecule has 1 aromatic carbocycles. The van der Waals surface area contributed by atoms with E-state index in [1.54, 1.807) is 23.0 Å². The summed E-state index contributed by atoms with van der Waals surface area (Å²) in [5.74, 6) is 1.02. The van der Waals surface area contributed by atoms with E-state index in [-0.39, 0.29) is 5.97 Å². The number of ether oxygens (including phenoxy) is 1. The van der Waals surface area contributed by atoms with Crippen molar-refractivity contribution in [3.8, 4) is 5.69 Å². The molecule has 3 rings (SSSR count). The van der Waals surface area contributed by atoms with Crippen LogP contribution in [0.3, 0.4) is 0 Å². The van der Waals surface area contributed by atoms with Crippen LogP contribution in [0.25, 0.3) is 5.69 Å². The maximum absolute atomic E-state index is 11.9. The van der Waals surface area contributed by atoms with E-state index in [0.717, 1.165) is 11.3 Å². The van der Waals surface area contributed by atoms with Crippen molar-refractivity contribution in [1.29, 1.82) is 0 Å². The third kappa shape index (κ3) is 2.74. The number of aromatic nitrogens is 2. The summed E-state index contributed by atoms with van der Waals surface area (Å²) in [4.78, 5) is 11.9. The van der Waals surface area contributed by atoms with Crippen LogP contribution >= 0.6 is 0 Å². The van der Waals surface area contributed by atoms with Crippen molar-refractivity contribution in [2.24, 2.45) is 11.8 Å². The van der Waals surface area contributed by atoms with Gasteiger partial charge in [-0.25, -0.2) is 9.48 Å². The Hall–Kier alpha value is -2.10. The maximum atomic E-state index is 11.9. The first kappa shape index (κ1) is 12.9. The Balaban J connectivity index is 1.64. The lowest BCUT2D eigenvalue weighted by molar-refractivity contribution is 0.0481. The van der Waals surface area contributed by atoms with Crippen LogP contribution in [0, 0.1) is 18.8 Å². The first-order valence-electron chi connectivity index (χ1n) is 6.92. The van der Waals surface area contributed by atoms with E-state index < -0.39 is 0 Å². The predicted molar refractivity (Wildman–Crippen MR) is 75.9 cm³/mol. The molecule has 1 fully saturated rings. The minimum absolute atomic E-state index is 0.243. The molecule has 1 aliphatic carbocycles. The van der Waals surface area contributed by atoms with Crippen molar-refractivity contribution in [2.45, 2.75) is 20.3 Å². The Labute approximate surface area is 118 Å². The molecule has 2 atom stereocenters. The number of rotatable bonds is 4. The van der Waals surface area contributed by atoms with Crippen molar-refractivity contribution in [1.82, 2.24) is 9.78 Å². The van der Waals surface area contributed by atoms with Crippen LogP contribution in [0.2, 0.25) is 0 Å². The summed E-state index contributed by atoms with van der Waals surface area (Å²) in [5, 5.41) is 4.24. The average molecular weight is 270 g/mol. The molecular formula is C16H18N2O2. The maximum Gasteiger partial charge on any atom is 0.338 e. The Morgan fingerprint density at radius 1 is 1.40 bits per heavy atom. The Morgan fingerprint density at radius 3 is 2.65 bits per heavy atom. The van der Waals surface area contributed by atoms with E-state index in [2.05, 4.69) is 12.0 Å². The van der Waals surface area contributed by atoms with Crippen LogP contribution in [0.5, 0.6) is 0 Å². The van der Waals surface area contributed by atoms with E-state index in [9.17, 15) is 4.79 Å². The van der Waals surface area contributed by atoms with Crippen LogP contribution in [0.4, 0.5) is 0 Å².